The van der Waals surface area contributed by atoms with Crippen LogP contribution in [0.15, 0.2) is 42.6 Å². The molecule has 1 atom stereocenters. The van der Waals surface area contributed by atoms with Gasteiger partial charge in [0.15, 0.2) is 5.78 Å². The topological polar surface area (TPSA) is 71.8 Å². The summed E-state index contributed by atoms with van der Waals surface area (Å²) in [5.41, 5.74) is 1.31. The summed E-state index contributed by atoms with van der Waals surface area (Å²) in [6.07, 6.45) is 1.29. The summed E-state index contributed by atoms with van der Waals surface area (Å²) in [5.74, 6) is -0.248. The lowest BCUT2D eigenvalue weighted by Gasteiger charge is -2.41. The third-order valence-electron chi connectivity index (χ3n) is 5.11. The number of amides is 2. The second-order valence-electron chi connectivity index (χ2n) is 8.63. The van der Waals surface area contributed by atoms with Crippen molar-refractivity contribution >= 4 is 17.8 Å². The zero-order chi connectivity index (χ0) is 22.1. The predicted octanol–water partition coefficient (Wildman–Crippen LogP) is 3.66. The molecule has 7 nitrogen and oxygen atoms in total. The number of ether oxygens (including phenoxy) is 1. The Labute approximate surface area is 177 Å². The summed E-state index contributed by atoms with van der Waals surface area (Å²) in [7, 11) is 1.76. The number of rotatable bonds is 3. The number of hydrogen-bond acceptors (Lipinski definition) is 4. The van der Waals surface area contributed by atoms with Gasteiger partial charge in [-0.25, -0.2) is 4.79 Å². The number of aryl methyl sites for hydroxylation is 1. The molecule has 0 bridgehead atoms. The molecule has 1 saturated heterocycles. The van der Waals surface area contributed by atoms with Gasteiger partial charge in [-0.05, 0) is 39.3 Å². The van der Waals surface area contributed by atoms with Crippen LogP contribution in [0.25, 0.3) is 0 Å². The Hall–Kier alpha value is -3.09. The van der Waals surface area contributed by atoms with E-state index < -0.39 is 5.60 Å². The van der Waals surface area contributed by atoms with E-state index >= 15 is 0 Å². The molecule has 1 fully saturated rings. The summed E-state index contributed by atoms with van der Waals surface area (Å²) >= 11 is 0. The molecular weight excluding hydrogens is 382 g/mol. The first-order valence-corrected chi connectivity index (χ1v) is 10.1. The van der Waals surface area contributed by atoms with Crippen molar-refractivity contribution in [3.8, 4) is 0 Å². The average Bonchev–Trinajstić information content (AvgIpc) is 3.08. The van der Waals surface area contributed by atoms with Crippen molar-refractivity contribution in [1.82, 2.24) is 14.4 Å². The van der Waals surface area contributed by atoms with Crippen LogP contribution in [0.2, 0.25) is 0 Å². The zero-order valence-corrected chi connectivity index (χ0v) is 18.2. The fourth-order valence-corrected chi connectivity index (χ4v) is 3.60. The van der Waals surface area contributed by atoms with Gasteiger partial charge in [-0.15, -0.1) is 0 Å². The molecule has 1 aliphatic heterocycles. The van der Waals surface area contributed by atoms with E-state index in [9.17, 15) is 14.4 Å². The number of nitrogens with zero attached hydrogens (tertiary/aromatic N) is 3. The first-order chi connectivity index (χ1) is 14.1. The molecule has 7 heteroatoms. The van der Waals surface area contributed by atoms with Gasteiger partial charge in [0.05, 0.1) is 6.04 Å². The van der Waals surface area contributed by atoms with E-state index in [4.69, 9.17) is 4.74 Å². The molecule has 1 aromatic heterocycles. The number of carbonyl (C=O) groups excluding carboxylic acids is 3. The maximum Gasteiger partial charge on any atom is 0.410 e. The van der Waals surface area contributed by atoms with Gasteiger partial charge in [0.2, 0.25) is 0 Å². The highest BCUT2D eigenvalue weighted by Gasteiger charge is 2.36. The summed E-state index contributed by atoms with van der Waals surface area (Å²) in [6, 6.07) is 11.0. The largest absolute Gasteiger partial charge is 0.444 e. The third kappa shape index (κ3) is 4.72. The van der Waals surface area contributed by atoms with Crippen LogP contribution in [-0.2, 0) is 11.8 Å². The van der Waals surface area contributed by atoms with Gasteiger partial charge in [-0.1, -0.05) is 30.3 Å². The molecule has 2 amide bonds. The van der Waals surface area contributed by atoms with Crippen LogP contribution < -0.4 is 0 Å². The predicted molar refractivity (Wildman–Crippen MR) is 113 cm³/mol. The maximum atomic E-state index is 13.4. The van der Waals surface area contributed by atoms with Gasteiger partial charge in [0, 0.05) is 38.4 Å². The molecule has 0 radical (unpaired) electrons. The van der Waals surface area contributed by atoms with Crippen molar-refractivity contribution < 1.29 is 19.1 Å². The Morgan fingerprint density at radius 2 is 1.73 bits per heavy atom. The van der Waals surface area contributed by atoms with Crippen molar-refractivity contribution in [2.75, 3.05) is 19.6 Å². The lowest BCUT2D eigenvalue weighted by Crippen LogP contribution is -2.53. The molecule has 3 rings (SSSR count). The molecule has 30 heavy (non-hydrogen) atoms. The summed E-state index contributed by atoms with van der Waals surface area (Å²) in [6.45, 7) is 8.08. The second kappa shape index (κ2) is 8.34. The number of hydrogen-bond donors (Lipinski definition) is 0. The maximum absolute atomic E-state index is 13.4. The molecule has 0 spiro atoms. The van der Waals surface area contributed by atoms with Gasteiger partial charge in [-0.2, -0.15) is 0 Å². The molecular formula is C23H29N3O4. The minimum absolute atomic E-state index is 0.0843. The van der Waals surface area contributed by atoms with Crippen LogP contribution in [0.3, 0.4) is 0 Å². The van der Waals surface area contributed by atoms with Crippen LogP contribution in [0.4, 0.5) is 4.79 Å². The van der Waals surface area contributed by atoms with Gasteiger partial charge >= 0.3 is 6.09 Å². The fourth-order valence-electron chi connectivity index (χ4n) is 3.60. The standard InChI is InChI=1S/C23H29N3O4/c1-16(27)18-13-19(24(5)14-18)21(28)26-12-11-25(22(29)30-23(2,3)4)15-20(26)17-9-7-6-8-10-17/h6-10,13-14,20H,11-12,15H2,1-5H3. The van der Waals surface area contributed by atoms with Crippen LogP contribution >= 0.6 is 0 Å². The van der Waals surface area contributed by atoms with E-state index in [1.54, 1.807) is 33.7 Å². The Kier molecular flexibility index (Phi) is 6.01. The van der Waals surface area contributed by atoms with E-state index in [0.717, 1.165) is 5.56 Å². The third-order valence-corrected chi connectivity index (χ3v) is 5.11. The van der Waals surface area contributed by atoms with Gasteiger partial charge in [-0.3, -0.25) is 9.59 Å². The van der Waals surface area contributed by atoms with Gasteiger partial charge in [0.1, 0.15) is 11.3 Å². The van der Waals surface area contributed by atoms with Crippen molar-refractivity contribution in [1.29, 1.82) is 0 Å². The van der Waals surface area contributed by atoms with Crippen molar-refractivity contribution in [2.24, 2.45) is 7.05 Å². The summed E-state index contributed by atoms with van der Waals surface area (Å²) < 4.78 is 7.21. The smallest absolute Gasteiger partial charge is 0.410 e. The van der Waals surface area contributed by atoms with E-state index in [-0.39, 0.29) is 23.8 Å². The molecule has 160 valence electrons. The SMILES string of the molecule is CC(=O)c1cc(C(=O)N2CCN(C(=O)OC(C)(C)C)CC2c2ccccc2)n(C)c1. The van der Waals surface area contributed by atoms with Gasteiger partial charge < -0.3 is 19.1 Å². The van der Waals surface area contributed by atoms with Crippen LogP contribution in [0.1, 0.15) is 60.1 Å². The Morgan fingerprint density at radius 1 is 1.07 bits per heavy atom. The number of aromatic nitrogens is 1. The first-order valence-electron chi connectivity index (χ1n) is 10.1. The quantitative estimate of drug-likeness (QED) is 0.723. The number of Topliss-reactive ketones (excluding diaryl/α,β-unsaturated/α-hetero) is 1. The van der Waals surface area contributed by atoms with Crippen LogP contribution in [0, 0.1) is 0 Å². The Morgan fingerprint density at radius 3 is 2.30 bits per heavy atom. The minimum atomic E-state index is -0.585. The van der Waals surface area contributed by atoms with Crippen molar-refractivity contribution in [3.05, 3.63) is 59.4 Å². The Bertz CT molecular complexity index is 943. The highest BCUT2D eigenvalue weighted by molar-refractivity contribution is 5.99. The Balaban J connectivity index is 1.89. The normalized spacial score (nSPS) is 17.0. The fraction of sp³-hybridized carbons (Fsp3) is 0.435. The van der Waals surface area contributed by atoms with Crippen LogP contribution in [-0.4, -0.2) is 57.4 Å². The molecule has 1 unspecified atom stereocenters. The van der Waals surface area contributed by atoms with Crippen molar-refractivity contribution in [3.63, 3.8) is 0 Å². The molecule has 0 aliphatic carbocycles. The van der Waals surface area contributed by atoms with E-state index in [2.05, 4.69) is 0 Å². The molecule has 1 aromatic carbocycles. The van der Waals surface area contributed by atoms with Crippen LogP contribution in [0.5, 0.6) is 0 Å². The monoisotopic (exact) mass is 411 g/mol. The molecule has 2 aromatic rings. The van der Waals surface area contributed by atoms with E-state index in [1.165, 1.54) is 6.92 Å². The summed E-state index contributed by atoms with van der Waals surface area (Å²) in [4.78, 5) is 41.2. The number of benzene rings is 1. The second-order valence-corrected chi connectivity index (χ2v) is 8.63. The number of carbonyl (C=O) groups is 3. The average molecular weight is 412 g/mol. The van der Waals surface area contributed by atoms with E-state index in [1.807, 2.05) is 51.1 Å². The lowest BCUT2D eigenvalue weighted by molar-refractivity contribution is 0.00387. The van der Waals surface area contributed by atoms with Crippen molar-refractivity contribution in [2.45, 2.75) is 39.3 Å². The van der Waals surface area contributed by atoms with Gasteiger partial charge in [0.25, 0.3) is 5.91 Å². The zero-order valence-electron chi connectivity index (χ0n) is 18.2. The number of ketones is 1. The minimum Gasteiger partial charge on any atom is -0.444 e. The highest BCUT2D eigenvalue weighted by atomic mass is 16.6. The summed E-state index contributed by atoms with van der Waals surface area (Å²) in [5, 5.41) is 0. The number of piperazine rings is 1. The first kappa shape index (κ1) is 21.6. The molecule has 0 saturated carbocycles. The molecule has 0 N–H and O–H groups in total. The van der Waals surface area contributed by atoms with E-state index in [0.29, 0.717) is 30.9 Å². The highest BCUT2D eigenvalue weighted by Crippen LogP contribution is 2.28. The molecule has 2 heterocycles. The lowest BCUT2D eigenvalue weighted by atomic mass is 10.0. The molecule has 1 aliphatic rings.